The molecule has 0 radical (unpaired) electrons. The molecule has 0 aliphatic rings. The van der Waals surface area contributed by atoms with Crippen LogP contribution in [0.3, 0.4) is 0 Å². The van der Waals surface area contributed by atoms with Gasteiger partial charge in [-0.25, -0.2) is 0 Å². The largest absolute Gasteiger partial charge is 0.497 e. The van der Waals surface area contributed by atoms with Crippen LogP contribution < -0.4 is 10.1 Å². The number of likely N-dealkylation sites (N-methyl/N-ethyl adjacent to an activating group) is 1. The van der Waals surface area contributed by atoms with Crippen molar-refractivity contribution in [2.45, 2.75) is 26.3 Å². The Balaban J connectivity index is 2.19. The molecule has 0 aliphatic carbocycles. The first-order valence-electron chi connectivity index (χ1n) is 7.15. The highest BCUT2D eigenvalue weighted by atomic mass is 16.5. The topological polar surface area (TPSA) is 21.3 Å². The van der Waals surface area contributed by atoms with E-state index in [9.17, 15) is 0 Å². The van der Waals surface area contributed by atoms with Gasteiger partial charge < -0.3 is 10.1 Å². The second-order valence-corrected chi connectivity index (χ2v) is 5.08. The number of aryl methyl sites for hydroxylation is 1. The Morgan fingerprint density at radius 2 is 1.85 bits per heavy atom. The van der Waals surface area contributed by atoms with Gasteiger partial charge in [0.1, 0.15) is 5.75 Å². The zero-order valence-corrected chi connectivity index (χ0v) is 12.5. The Bertz CT molecular complexity index is 533. The molecule has 20 heavy (non-hydrogen) atoms. The number of ether oxygens (including phenoxy) is 1. The van der Waals surface area contributed by atoms with Crippen molar-refractivity contribution in [2.75, 3.05) is 13.7 Å². The molecule has 2 aromatic rings. The quantitative estimate of drug-likeness (QED) is 0.859. The van der Waals surface area contributed by atoms with Crippen LogP contribution in [0, 0.1) is 6.92 Å². The Hall–Kier alpha value is -1.80. The highest BCUT2D eigenvalue weighted by Crippen LogP contribution is 2.22. The van der Waals surface area contributed by atoms with Crippen LogP contribution in [0.15, 0.2) is 48.5 Å². The smallest absolute Gasteiger partial charge is 0.119 e. The maximum absolute atomic E-state index is 5.32. The molecule has 0 fully saturated rings. The van der Waals surface area contributed by atoms with Crippen molar-refractivity contribution in [1.29, 1.82) is 0 Å². The monoisotopic (exact) mass is 269 g/mol. The third-order valence-electron chi connectivity index (χ3n) is 3.51. The van der Waals surface area contributed by atoms with Gasteiger partial charge in [0.25, 0.3) is 0 Å². The van der Waals surface area contributed by atoms with E-state index in [2.05, 4.69) is 55.6 Å². The predicted octanol–water partition coefficient (Wildman–Crippen LogP) is 3.90. The first kappa shape index (κ1) is 14.6. The van der Waals surface area contributed by atoms with Crippen molar-refractivity contribution in [3.8, 4) is 5.75 Å². The van der Waals surface area contributed by atoms with E-state index < -0.39 is 0 Å². The van der Waals surface area contributed by atoms with Crippen LogP contribution in [0.2, 0.25) is 0 Å². The van der Waals surface area contributed by atoms with Gasteiger partial charge in [-0.05, 0) is 43.1 Å². The van der Waals surface area contributed by atoms with Gasteiger partial charge in [0.15, 0.2) is 0 Å². The summed E-state index contributed by atoms with van der Waals surface area (Å²) in [7, 11) is 1.71. The molecule has 2 nitrogen and oxygen atoms in total. The van der Waals surface area contributed by atoms with Gasteiger partial charge in [0, 0.05) is 6.04 Å². The van der Waals surface area contributed by atoms with Crippen molar-refractivity contribution in [3.63, 3.8) is 0 Å². The second-order valence-electron chi connectivity index (χ2n) is 5.08. The summed E-state index contributed by atoms with van der Waals surface area (Å²) >= 11 is 0. The zero-order chi connectivity index (χ0) is 14.4. The lowest BCUT2D eigenvalue weighted by Crippen LogP contribution is -2.23. The van der Waals surface area contributed by atoms with Crippen LogP contribution in [0.1, 0.15) is 29.7 Å². The fraction of sp³-hybridized carbons (Fsp3) is 0.333. The van der Waals surface area contributed by atoms with Crippen molar-refractivity contribution in [3.05, 3.63) is 65.2 Å². The first-order chi connectivity index (χ1) is 9.72. The zero-order valence-electron chi connectivity index (χ0n) is 12.5. The Morgan fingerprint density at radius 1 is 1.10 bits per heavy atom. The molecular weight excluding hydrogens is 246 g/mol. The van der Waals surface area contributed by atoms with Crippen LogP contribution in [0.5, 0.6) is 5.75 Å². The van der Waals surface area contributed by atoms with Gasteiger partial charge in [-0.2, -0.15) is 0 Å². The highest BCUT2D eigenvalue weighted by Gasteiger charge is 2.11. The van der Waals surface area contributed by atoms with E-state index in [-0.39, 0.29) is 0 Å². The van der Waals surface area contributed by atoms with E-state index in [0.29, 0.717) is 6.04 Å². The van der Waals surface area contributed by atoms with Gasteiger partial charge in [-0.1, -0.05) is 48.9 Å². The summed E-state index contributed by atoms with van der Waals surface area (Å²) in [6, 6.07) is 17.4. The lowest BCUT2D eigenvalue weighted by molar-refractivity contribution is 0.413. The summed E-state index contributed by atoms with van der Waals surface area (Å²) in [6.07, 6.45) is 0.987. The molecule has 0 aromatic heterocycles. The molecule has 0 saturated heterocycles. The van der Waals surface area contributed by atoms with Gasteiger partial charge in [0.2, 0.25) is 0 Å². The van der Waals surface area contributed by atoms with E-state index in [1.165, 1.54) is 16.7 Å². The minimum atomic E-state index is 0.317. The van der Waals surface area contributed by atoms with Crippen LogP contribution in [0.4, 0.5) is 0 Å². The molecule has 0 amide bonds. The molecule has 1 N–H and O–H groups in total. The molecule has 0 aliphatic heterocycles. The highest BCUT2D eigenvalue weighted by molar-refractivity contribution is 5.32. The average Bonchev–Trinajstić information content (AvgIpc) is 2.49. The summed E-state index contributed by atoms with van der Waals surface area (Å²) in [4.78, 5) is 0. The normalized spacial score (nSPS) is 12.2. The molecule has 0 spiro atoms. The van der Waals surface area contributed by atoms with Gasteiger partial charge in [-0.3, -0.25) is 0 Å². The summed E-state index contributed by atoms with van der Waals surface area (Å²) in [6.45, 7) is 5.21. The lowest BCUT2D eigenvalue weighted by Gasteiger charge is -2.19. The van der Waals surface area contributed by atoms with E-state index in [1.807, 2.05) is 12.1 Å². The maximum atomic E-state index is 5.32. The molecule has 106 valence electrons. The second kappa shape index (κ2) is 7.11. The van der Waals surface area contributed by atoms with Crippen molar-refractivity contribution < 1.29 is 4.74 Å². The average molecular weight is 269 g/mol. The summed E-state index contributed by atoms with van der Waals surface area (Å²) < 4.78 is 5.32. The van der Waals surface area contributed by atoms with Crippen molar-refractivity contribution in [2.24, 2.45) is 0 Å². The Labute approximate surface area is 121 Å². The third-order valence-corrected chi connectivity index (χ3v) is 3.51. The molecule has 0 heterocycles. The minimum absolute atomic E-state index is 0.317. The molecule has 0 bridgehead atoms. The molecule has 1 unspecified atom stereocenters. The molecule has 0 saturated carbocycles. The SMILES string of the molecule is CCNC(Cc1ccc(C)cc1)c1cccc(OC)c1. The van der Waals surface area contributed by atoms with E-state index >= 15 is 0 Å². The number of benzene rings is 2. The van der Waals surface area contributed by atoms with Crippen LogP contribution in [-0.2, 0) is 6.42 Å². The molecular formula is C18H23NO. The fourth-order valence-electron chi connectivity index (χ4n) is 2.37. The third kappa shape index (κ3) is 3.84. The molecule has 2 heteroatoms. The van der Waals surface area contributed by atoms with Crippen LogP contribution in [0.25, 0.3) is 0 Å². The van der Waals surface area contributed by atoms with Crippen molar-refractivity contribution in [1.82, 2.24) is 5.32 Å². The standard InChI is InChI=1S/C18H23NO/c1-4-19-18(12-15-10-8-14(2)9-11-15)16-6-5-7-17(13-16)20-3/h5-11,13,18-19H,4,12H2,1-3H3. The number of rotatable bonds is 6. The Morgan fingerprint density at radius 3 is 2.50 bits per heavy atom. The number of nitrogens with one attached hydrogen (secondary N) is 1. The predicted molar refractivity (Wildman–Crippen MR) is 84.3 cm³/mol. The minimum Gasteiger partial charge on any atom is -0.497 e. The van der Waals surface area contributed by atoms with Gasteiger partial charge in [-0.15, -0.1) is 0 Å². The molecule has 2 rings (SSSR count). The van der Waals surface area contributed by atoms with E-state index in [1.54, 1.807) is 7.11 Å². The molecule has 1 atom stereocenters. The molecule has 2 aromatic carbocycles. The van der Waals surface area contributed by atoms with Crippen LogP contribution >= 0.6 is 0 Å². The van der Waals surface area contributed by atoms with Gasteiger partial charge in [0.05, 0.1) is 7.11 Å². The number of hydrogen-bond donors (Lipinski definition) is 1. The fourth-order valence-corrected chi connectivity index (χ4v) is 2.37. The van der Waals surface area contributed by atoms with Crippen molar-refractivity contribution >= 4 is 0 Å². The summed E-state index contributed by atoms with van der Waals surface area (Å²) in [5, 5.41) is 3.56. The first-order valence-corrected chi connectivity index (χ1v) is 7.15. The van der Waals surface area contributed by atoms with Crippen LogP contribution in [-0.4, -0.2) is 13.7 Å². The summed E-state index contributed by atoms with van der Waals surface area (Å²) in [5.41, 5.74) is 3.92. The summed E-state index contributed by atoms with van der Waals surface area (Å²) in [5.74, 6) is 0.911. The maximum Gasteiger partial charge on any atom is 0.119 e. The lowest BCUT2D eigenvalue weighted by atomic mass is 9.98. The van der Waals surface area contributed by atoms with E-state index in [0.717, 1.165) is 18.7 Å². The number of methoxy groups -OCH3 is 1. The Kier molecular flexibility index (Phi) is 5.19. The number of hydrogen-bond acceptors (Lipinski definition) is 2. The van der Waals surface area contributed by atoms with E-state index in [4.69, 9.17) is 4.74 Å². The van der Waals surface area contributed by atoms with Gasteiger partial charge >= 0.3 is 0 Å².